The Morgan fingerprint density at radius 2 is 1.71 bits per heavy atom. The number of sulfonamides is 1. The van der Waals surface area contributed by atoms with Crippen molar-refractivity contribution in [2.75, 3.05) is 25.1 Å². The van der Waals surface area contributed by atoms with E-state index in [2.05, 4.69) is 5.32 Å². The minimum atomic E-state index is -4.11. The predicted molar refractivity (Wildman–Crippen MR) is 134 cm³/mol. The number of rotatable bonds is 9. The number of hydrogen-bond acceptors (Lipinski definition) is 5. The highest BCUT2D eigenvalue weighted by Crippen LogP contribution is 2.33. The van der Waals surface area contributed by atoms with Crippen molar-refractivity contribution in [1.82, 2.24) is 5.32 Å². The molecule has 0 saturated carbocycles. The van der Waals surface area contributed by atoms with Gasteiger partial charge in [0.15, 0.2) is 0 Å². The number of nitrogens with one attached hydrogen (secondary N) is 1. The van der Waals surface area contributed by atoms with Crippen LogP contribution < -0.4 is 19.1 Å². The van der Waals surface area contributed by atoms with Gasteiger partial charge in [-0.25, -0.2) is 8.42 Å². The van der Waals surface area contributed by atoms with Crippen LogP contribution in [0.4, 0.5) is 5.69 Å². The maximum absolute atomic E-state index is 13.5. The third-order valence-corrected chi connectivity index (χ3v) is 7.39. The van der Waals surface area contributed by atoms with Gasteiger partial charge in [-0.15, -0.1) is 0 Å². The lowest BCUT2D eigenvalue weighted by atomic mass is 10.1. The van der Waals surface area contributed by atoms with Gasteiger partial charge in [0.25, 0.3) is 10.0 Å². The molecule has 0 saturated heterocycles. The van der Waals surface area contributed by atoms with Crippen LogP contribution in [-0.4, -0.2) is 35.1 Å². The van der Waals surface area contributed by atoms with Gasteiger partial charge in [0.2, 0.25) is 5.91 Å². The van der Waals surface area contributed by atoms with Gasteiger partial charge < -0.3 is 14.8 Å². The van der Waals surface area contributed by atoms with E-state index in [-0.39, 0.29) is 15.6 Å². The second kappa shape index (κ2) is 11.0. The highest BCUT2D eigenvalue weighted by molar-refractivity contribution is 7.92. The molecule has 34 heavy (non-hydrogen) atoms. The molecular weight excluding hydrogens is 499 g/mol. The summed E-state index contributed by atoms with van der Waals surface area (Å²) >= 11 is 12.3. The van der Waals surface area contributed by atoms with Gasteiger partial charge in [-0.1, -0.05) is 41.4 Å². The summed E-state index contributed by atoms with van der Waals surface area (Å²) in [6, 6.07) is 16.9. The lowest BCUT2D eigenvalue weighted by Crippen LogP contribution is -2.41. The lowest BCUT2D eigenvalue weighted by molar-refractivity contribution is -0.120. The second-order valence-electron chi connectivity index (χ2n) is 7.32. The Morgan fingerprint density at radius 1 is 1.00 bits per heavy atom. The topological polar surface area (TPSA) is 84.9 Å². The summed E-state index contributed by atoms with van der Waals surface area (Å²) in [4.78, 5) is 13.1. The summed E-state index contributed by atoms with van der Waals surface area (Å²) in [5, 5.41) is 3.27. The Kier molecular flexibility index (Phi) is 8.30. The van der Waals surface area contributed by atoms with E-state index in [0.717, 1.165) is 4.31 Å². The van der Waals surface area contributed by atoms with Crippen LogP contribution in [0.5, 0.6) is 11.5 Å². The molecule has 3 aromatic carbocycles. The molecule has 0 fully saturated rings. The number of carbonyl (C=O) groups is 1. The van der Waals surface area contributed by atoms with E-state index in [1.165, 1.54) is 44.6 Å². The molecular formula is C24H24Cl2N2O5S. The number of methoxy groups -OCH3 is 2. The Morgan fingerprint density at radius 3 is 2.32 bits per heavy atom. The Labute approximate surface area is 209 Å². The zero-order valence-corrected chi connectivity index (χ0v) is 21.1. The van der Waals surface area contributed by atoms with Crippen LogP contribution in [0, 0.1) is 0 Å². The molecule has 10 heteroatoms. The molecule has 1 amide bonds. The van der Waals surface area contributed by atoms with Crippen LogP contribution in [0.3, 0.4) is 0 Å². The zero-order valence-electron chi connectivity index (χ0n) is 18.8. The number of halogens is 2. The predicted octanol–water partition coefficient (Wildman–Crippen LogP) is 5.08. The first-order valence-electron chi connectivity index (χ1n) is 10.2. The monoisotopic (exact) mass is 522 g/mol. The van der Waals surface area contributed by atoms with E-state index in [1.54, 1.807) is 43.3 Å². The molecule has 0 heterocycles. The number of benzene rings is 3. The molecule has 1 atom stereocenters. The van der Waals surface area contributed by atoms with Crippen LogP contribution in [0.15, 0.2) is 71.6 Å². The van der Waals surface area contributed by atoms with Crippen LogP contribution in [0.1, 0.15) is 18.5 Å². The van der Waals surface area contributed by atoms with Crippen LogP contribution in [0.25, 0.3) is 0 Å². The van der Waals surface area contributed by atoms with Crippen molar-refractivity contribution < 1.29 is 22.7 Å². The van der Waals surface area contributed by atoms with Gasteiger partial charge in [-0.2, -0.15) is 0 Å². The molecule has 0 aromatic heterocycles. The maximum Gasteiger partial charge on any atom is 0.264 e. The summed E-state index contributed by atoms with van der Waals surface area (Å²) in [6.45, 7) is 1.26. The summed E-state index contributed by atoms with van der Waals surface area (Å²) < 4.78 is 38.6. The molecule has 1 N–H and O–H groups in total. The number of hydrogen-bond donors (Lipinski definition) is 1. The average Bonchev–Trinajstić information content (AvgIpc) is 2.83. The van der Waals surface area contributed by atoms with Gasteiger partial charge in [-0.05, 0) is 55.5 Å². The molecule has 0 bridgehead atoms. The molecule has 0 spiro atoms. The van der Waals surface area contributed by atoms with E-state index in [0.29, 0.717) is 22.1 Å². The normalized spacial score (nSPS) is 12.0. The molecule has 3 rings (SSSR count). The largest absolute Gasteiger partial charge is 0.497 e. The standard InChI is InChI=1S/C24H24Cl2N2O5S/c1-16(20-14-18(32-2)10-12-23(20)33-3)27-24(29)15-28(22-11-9-17(25)13-21(22)26)34(30,31)19-7-5-4-6-8-19/h4-14,16H,15H2,1-3H3,(H,27,29)/t16-/m0/s1. The average molecular weight is 523 g/mol. The van der Waals surface area contributed by atoms with E-state index in [4.69, 9.17) is 32.7 Å². The Balaban J connectivity index is 1.93. The Hall–Kier alpha value is -2.94. The van der Waals surface area contributed by atoms with Crippen LogP contribution >= 0.6 is 23.2 Å². The SMILES string of the molecule is COc1ccc(OC)c([C@H](C)NC(=O)CN(c2ccc(Cl)cc2Cl)S(=O)(=O)c2ccccc2)c1. The molecule has 0 unspecified atom stereocenters. The van der Waals surface area contributed by atoms with Crippen molar-refractivity contribution in [2.45, 2.75) is 17.9 Å². The summed E-state index contributed by atoms with van der Waals surface area (Å²) in [6.07, 6.45) is 0. The van der Waals surface area contributed by atoms with Crippen molar-refractivity contribution >= 4 is 44.8 Å². The van der Waals surface area contributed by atoms with Crippen LogP contribution in [0.2, 0.25) is 10.0 Å². The van der Waals surface area contributed by atoms with Gasteiger partial charge >= 0.3 is 0 Å². The Bertz CT molecular complexity index is 1270. The van der Waals surface area contributed by atoms with Crippen molar-refractivity contribution in [3.05, 3.63) is 82.3 Å². The number of nitrogens with zero attached hydrogens (tertiary/aromatic N) is 1. The summed E-state index contributed by atoms with van der Waals surface area (Å²) in [5.41, 5.74) is 0.814. The number of ether oxygens (including phenoxy) is 2. The molecule has 180 valence electrons. The third-order valence-electron chi connectivity index (χ3n) is 5.08. The fraction of sp³-hybridized carbons (Fsp3) is 0.208. The smallest absolute Gasteiger partial charge is 0.264 e. The van der Waals surface area contributed by atoms with Crippen molar-refractivity contribution in [2.24, 2.45) is 0 Å². The molecule has 0 aliphatic carbocycles. The summed E-state index contributed by atoms with van der Waals surface area (Å²) in [7, 11) is -1.05. The molecule has 0 radical (unpaired) electrons. The first kappa shape index (κ1) is 25.7. The number of amides is 1. The first-order valence-corrected chi connectivity index (χ1v) is 12.4. The number of carbonyl (C=O) groups excluding carboxylic acids is 1. The van der Waals surface area contributed by atoms with E-state index >= 15 is 0 Å². The van der Waals surface area contributed by atoms with Crippen molar-refractivity contribution in [1.29, 1.82) is 0 Å². The quantitative estimate of drug-likeness (QED) is 0.423. The van der Waals surface area contributed by atoms with Gasteiger partial charge in [-0.3, -0.25) is 9.10 Å². The van der Waals surface area contributed by atoms with E-state index in [9.17, 15) is 13.2 Å². The highest BCUT2D eigenvalue weighted by atomic mass is 35.5. The number of anilines is 1. The minimum absolute atomic E-state index is 0.0244. The first-order chi connectivity index (χ1) is 16.2. The maximum atomic E-state index is 13.5. The fourth-order valence-electron chi connectivity index (χ4n) is 3.38. The molecule has 3 aromatic rings. The van der Waals surface area contributed by atoms with Gasteiger partial charge in [0.05, 0.1) is 35.9 Å². The molecule has 0 aliphatic heterocycles. The second-order valence-corrected chi connectivity index (χ2v) is 10.0. The fourth-order valence-corrected chi connectivity index (χ4v) is 5.40. The van der Waals surface area contributed by atoms with E-state index in [1.807, 2.05) is 0 Å². The molecule has 0 aliphatic rings. The summed E-state index contributed by atoms with van der Waals surface area (Å²) in [5.74, 6) is 0.615. The molecule has 7 nitrogen and oxygen atoms in total. The van der Waals surface area contributed by atoms with Crippen molar-refractivity contribution in [3.8, 4) is 11.5 Å². The third kappa shape index (κ3) is 5.75. The van der Waals surface area contributed by atoms with Crippen LogP contribution in [-0.2, 0) is 14.8 Å². The highest BCUT2D eigenvalue weighted by Gasteiger charge is 2.29. The van der Waals surface area contributed by atoms with Gasteiger partial charge in [0.1, 0.15) is 18.0 Å². The zero-order chi connectivity index (χ0) is 24.9. The van der Waals surface area contributed by atoms with E-state index < -0.39 is 28.5 Å². The van der Waals surface area contributed by atoms with Crippen molar-refractivity contribution in [3.63, 3.8) is 0 Å². The lowest BCUT2D eigenvalue weighted by Gasteiger charge is -2.26. The van der Waals surface area contributed by atoms with Gasteiger partial charge in [0, 0.05) is 10.6 Å². The minimum Gasteiger partial charge on any atom is -0.497 e.